The number of methoxy groups -OCH3 is 1. The van der Waals surface area contributed by atoms with Crippen LogP contribution in [0.3, 0.4) is 0 Å². The van der Waals surface area contributed by atoms with Crippen molar-refractivity contribution in [1.29, 1.82) is 0 Å². The molecule has 0 saturated heterocycles. The van der Waals surface area contributed by atoms with Crippen LogP contribution in [-0.2, 0) is 9.53 Å². The van der Waals surface area contributed by atoms with Crippen molar-refractivity contribution >= 4 is 28.4 Å². The van der Waals surface area contributed by atoms with Gasteiger partial charge < -0.3 is 4.74 Å². The molecule has 1 rings (SSSR count). The summed E-state index contributed by atoms with van der Waals surface area (Å²) >= 11 is 2.38. The number of ketones is 1. The van der Waals surface area contributed by atoms with Crippen molar-refractivity contribution in [2.24, 2.45) is 5.41 Å². The van der Waals surface area contributed by atoms with Crippen LogP contribution < -0.4 is 0 Å². The SMILES string of the molecule is CCCCCCCC(I)C(=O)C1(COC)CCCCC1. The van der Waals surface area contributed by atoms with E-state index in [1.54, 1.807) is 7.11 Å². The molecule has 0 spiro atoms. The molecule has 1 fully saturated rings. The number of carbonyl (C=O) groups is 1. The van der Waals surface area contributed by atoms with Gasteiger partial charge in [0.05, 0.1) is 15.9 Å². The molecule has 1 atom stereocenters. The second kappa shape index (κ2) is 10.1. The molecular weight excluding hydrogens is 363 g/mol. The highest BCUT2D eigenvalue weighted by Crippen LogP contribution is 2.40. The lowest BCUT2D eigenvalue weighted by Gasteiger charge is -2.36. The summed E-state index contributed by atoms with van der Waals surface area (Å²) in [5.74, 6) is 0.468. The molecule has 20 heavy (non-hydrogen) atoms. The van der Waals surface area contributed by atoms with E-state index in [0.29, 0.717) is 12.4 Å². The quantitative estimate of drug-likeness (QED) is 0.285. The average molecular weight is 394 g/mol. The van der Waals surface area contributed by atoms with Crippen LogP contribution in [0, 0.1) is 5.41 Å². The van der Waals surface area contributed by atoms with E-state index >= 15 is 0 Å². The van der Waals surface area contributed by atoms with Gasteiger partial charge in [0, 0.05) is 7.11 Å². The van der Waals surface area contributed by atoms with E-state index < -0.39 is 0 Å². The number of halogens is 1. The number of carbonyl (C=O) groups excluding carboxylic acids is 1. The van der Waals surface area contributed by atoms with E-state index in [1.165, 1.54) is 51.4 Å². The average Bonchev–Trinajstić information content (AvgIpc) is 2.47. The first-order valence-electron chi connectivity index (χ1n) is 8.33. The van der Waals surface area contributed by atoms with Gasteiger partial charge in [0.15, 0.2) is 5.78 Å². The molecule has 0 amide bonds. The summed E-state index contributed by atoms with van der Waals surface area (Å²) in [7, 11) is 1.73. The lowest BCUT2D eigenvalue weighted by atomic mass is 9.70. The predicted octanol–water partition coefficient (Wildman–Crippen LogP) is 5.32. The third-order valence-electron chi connectivity index (χ3n) is 4.60. The van der Waals surface area contributed by atoms with Crippen LogP contribution in [0.2, 0.25) is 0 Å². The van der Waals surface area contributed by atoms with Crippen molar-refractivity contribution in [3.05, 3.63) is 0 Å². The van der Waals surface area contributed by atoms with Gasteiger partial charge in [-0.05, 0) is 19.3 Å². The van der Waals surface area contributed by atoms with E-state index in [2.05, 4.69) is 29.5 Å². The molecule has 0 bridgehead atoms. The minimum atomic E-state index is -0.164. The van der Waals surface area contributed by atoms with Gasteiger partial charge in [-0.2, -0.15) is 0 Å². The van der Waals surface area contributed by atoms with Crippen molar-refractivity contribution in [2.75, 3.05) is 13.7 Å². The maximum atomic E-state index is 12.8. The van der Waals surface area contributed by atoms with Crippen LogP contribution in [0.4, 0.5) is 0 Å². The van der Waals surface area contributed by atoms with E-state index in [4.69, 9.17) is 4.74 Å². The van der Waals surface area contributed by atoms with Crippen molar-refractivity contribution < 1.29 is 9.53 Å². The molecule has 1 saturated carbocycles. The molecule has 1 unspecified atom stereocenters. The Morgan fingerprint density at radius 2 is 1.80 bits per heavy atom. The molecule has 1 aliphatic rings. The first kappa shape index (κ1) is 18.4. The number of ether oxygens (including phenoxy) is 1. The van der Waals surface area contributed by atoms with Crippen LogP contribution in [0.1, 0.15) is 77.6 Å². The van der Waals surface area contributed by atoms with Gasteiger partial charge in [-0.1, -0.05) is 80.9 Å². The number of alkyl halides is 1. The summed E-state index contributed by atoms with van der Waals surface area (Å²) in [6.07, 6.45) is 13.2. The first-order valence-corrected chi connectivity index (χ1v) is 9.58. The standard InChI is InChI=1S/C17H31IO2/c1-3-4-5-6-8-11-15(18)16(19)17(14-20-2)12-9-7-10-13-17/h15H,3-14H2,1-2H3. The molecule has 118 valence electrons. The molecule has 0 aromatic heterocycles. The summed E-state index contributed by atoms with van der Waals surface area (Å²) in [5, 5.41) is 0. The van der Waals surface area contributed by atoms with Gasteiger partial charge in [-0.15, -0.1) is 0 Å². The number of hydrogen-bond acceptors (Lipinski definition) is 2. The van der Waals surface area contributed by atoms with Gasteiger partial charge >= 0.3 is 0 Å². The van der Waals surface area contributed by atoms with Gasteiger partial charge in [0.1, 0.15) is 0 Å². The number of unbranched alkanes of at least 4 members (excludes halogenated alkanes) is 4. The largest absolute Gasteiger partial charge is 0.384 e. The summed E-state index contributed by atoms with van der Waals surface area (Å²) in [6, 6.07) is 0. The molecule has 2 nitrogen and oxygen atoms in total. The second-order valence-corrected chi connectivity index (χ2v) is 7.81. The van der Waals surface area contributed by atoms with Crippen LogP contribution in [0.15, 0.2) is 0 Å². The Labute approximate surface area is 138 Å². The second-order valence-electron chi connectivity index (χ2n) is 6.31. The van der Waals surface area contributed by atoms with Crippen molar-refractivity contribution in [3.63, 3.8) is 0 Å². The van der Waals surface area contributed by atoms with E-state index in [1.807, 2.05) is 0 Å². The van der Waals surface area contributed by atoms with Crippen molar-refractivity contribution in [2.45, 2.75) is 81.5 Å². The third-order valence-corrected chi connectivity index (χ3v) is 5.79. The molecule has 0 radical (unpaired) electrons. The summed E-state index contributed by atoms with van der Waals surface area (Å²) in [6.45, 7) is 2.86. The van der Waals surface area contributed by atoms with Gasteiger partial charge in [-0.3, -0.25) is 4.79 Å². The lowest BCUT2D eigenvalue weighted by molar-refractivity contribution is -0.133. The Hall–Kier alpha value is 0.360. The fourth-order valence-electron chi connectivity index (χ4n) is 3.36. The highest BCUT2D eigenvalue weighted by Gasteiger charge is 2.41. The number of rotatable bonds is 10. The van der Waals surface area contributed by atoms with Crippen LogP contribution in [-0.4, -0.2) is 23.4 Å². The Morgan fingerprint density at radius 1 is 1.15 bits per heavy atom. The molecule has 0 aliphatic heterocycles. The monoisotopic (exact) mass is 394 g/mol. The van der Waals surface area contributed by atoms with Gasteiger partial charge in [-0.25, -0.2) is 0 Å². The summed E-state index contributed by atoms with van der Waals surface area (Å²) in [4.78, 5) is 12.8. The zero-order valence-corrected chi connectivity index (χ0v) is 15.4. The highest BCUT2D eigenvalue weighted by atomic mass is 127. The summed E-state index contributed by atoms with van der Waals surface area (Å²) in [5.41, 5.74) is -0.164. The molecule has 3 heteroatoms. The first-order chi connectivity index (χ1) is 9.66. The number of Topliss-reactive ketones (excluding diaryl/α,β-unsaturated/α-hetero) is 1. The van der Waals surface area contributed by atoms with Crippen molar-refractivity contribution in [1.82, 2.24) is 0 Å². The zero-order chi connectivity index (χ0) is 14.8. The van der Waals surface area contributed by atoms with E-state index in [9.17, 15) is 4.79 Å². The van der Waals surface area contributed by atoms with Gasteiger partial charge in [0.25, 0.3) is 0 Å². The molecule has 0 aromatic carbocycles. The maximum absolute atomic E-state index is 12.8. The minimum Gasteiger partial charge on any atom is -0.384 e. The normalized spacial score (nSPS) is 19.8. The molecule has 0 N–H and O–H groups in total. The van der Waals surface area contributed by atoms with Crippen LogP contribution >= 0.6 is 22.6 Å². The summed E-state index contributed by atoms with van der Waals surface area (Å²) < 4.78 is 5.57. The Balaban J connectivity index is 2.43. The minimum absolute atomic E-state index is 0.164. The van der Waals surface area contributed by atoms with Crippen LogP contribution in [0.25, 0.3) is 0 Å². The Morgan fingerprint density at radius 3 is 2.40 bits per heavy atom. The molecule has 1 aliphatic carbocycles. The maximum Gasteiger partial charge on any atom is 0.154 e. The predicted molar refractivity (Wildman–Crippen MR) is 93.6 cm³/mol. The number of hydrogen-bond donors (Lipinski definition) is 0. The molecule has 0 aromatic rings. The van der Waals surface area contributed by atoms with Crippen LogP contribution in [0.5, 0.6) is 0 Å². The smallest absolute Gasteiger partial charge is 0.154 e. The topological polar surface area (TPSA) is 26.3 Å². The van der Waals surface area contributed by atoms with Crippen molar-refractivity contribution in [3.8, 4) is 0 Å². The highest BCUT2D eigenvalue weighted by molar-refractivity contribution is 14.1. The molecule has 0 heterocycles. The van der Waals surface area contributed by atoms with E-state index in [-0.39, 0.29) is 9.34 Å². The Kier molecular flexibility index (Phi) is 9.34. The van der Waals surface area contributed by atoms with E-state index in [0.717, 1.165) is 19.3 Å². The molecular formula is C17H31IO2. The van der Waals surface area contributed by atoms with Gasteiger partial charge in [0.2, 0.25) is 0 Å². The lowest BCUT2D eigenvalue weighted by Crippen LogP contribution is -2.41. The fraction of sp³-hybridized carbons (Fsp3) is 0.941. The third kappa shape index (κ3) is 5.63. The Bertz CT molecular complexity index is 267. The zero-order valence-electron chi connectivity index (χ0n) is 13.3. The fourth-order valence-corrected chi connectivity index (χ4v) is 4.46.